The van der Waals surface area contributed by atoms with E-state index in [1.54, 1.807) is 0 Å². The Balaban J connectivity index is 2.01. The SMILES string of the molecule is CCOCCOCCC(=O)OCc1ccccc1. The number of rotatable bonds is 9. The molecule has 0 N–H and O–H groups in total. The molecule has 0 heterocycles. The van der Waals surface area contributed by atoms with Crippen LogP contribution < -0.4 is 0 Å². The maximum absolute atomic E-state index is 11.4. The van der Waals surface area contributed by atoms with Crippen LogP contribution in [0.2, 0.25) is 0 Å². The lowest BCUT2D eigenvalue weighted by Crippen LogP contribution is -2.11. The van der Waals surface area contributed by atoms with Crippen LogP contribution in [0.15, 0.2) is 30.3 Å². The van der Waals surface area contributed by atoms with Crippen LogP contribution in [0, 0.1) is 0 Å². The first-order chi connectivity index (χ1) is 8.83. The largest absolute Gasteiger partial charge is 0.461 e. The van der Waals surface area contributed by atoms with E-state index in [0.29, 0.717) is 33.0 Å². The number of hydrogen-bond acceptors (Lipinski definition) is 4. The van der Waals surface area contributed by atoms with E-state index in [1.807, 2.05) is 37.3 Å². The lowest BCUT2D eigenvalue weighted by Gasteiger charge is -2.06. The monoisotopic (exact) mass is 252 g/mol. The molecule has 0 spiro atoms. The average molecular weight is 252 g/mol. The number of carbonyl (C=O) groups excluding carboxylic acids is 1. The fraction of sp³-hybridized carbons (Fsp3) is 0.500. The van der Waals surface area contributed by atoms with Gasteiger partial charge in [0.15, 0.2) is 0 Å². The number of esters is 1. The molecular weight excluding hydrogens is 232 g/mol. The van der Waals surface area contributed by atoms with Gasteiger partial charge in [0.1, 0.15) is 6.61 Å². The first-order valence-corrected chi connectivity index (χ1v) is 6.18. The summed E-state index contributed by atoms with van der Waals surface area (Å²) in [6.45, 7) is 4.39. The Kier molecular flexibility index (Phi) is 7.84. The summed E-state index contributed by atoms with van der Waals surface area (Å²) in [4.78, 5) is 11.4. The second-order valence-electron chi connectivity index (χ2n) is 3.71. The van der Waals surface area contributed by atoms with Crippen LogP contribution in [-0.4, -0.2) is 32.4 Å². The van der Waals surface area contributed by atoms with Gasteiger partial charge in [0.2, 0.25) is 0 Å². The van der Waals surface area contributed by atoms with E-state index < -0.39 is 0 Å². The van der Waals surface area contributed by atoms with Gasteiger partial charge >= 0.3 is 5.97 Å². The summed E-state index contributed by atoms with van der Waals surface area (Å²) in [5.74, 6) is -0.240. The Morgan fingerprint density at radius 1 is 1.06 bits per heavy atom. The Morgan fingerprint density at radius 3 is 2.50 bits per heavy atom. The van der Waals surface area contributed by atoms with Crippen LogP contribution in [0.5, 0.6) is 0 Å². The number of ether oxygens (including phenoxy) is 3. The molecule has 0 radical (unpaired) electrons. The van der Waals surface area contributed by atoms with Gasteiger partial charge in [-0.2, -0.15) is 0 Å². The normalized spacial score (nSPS) is 10.3. The highest BCUT2D eigenvalue weighted by atomic mass is 16.5. The van der Waals surface area contributed by atoms with Gasteiger partial charge in [-0.15, -0.1) is 0 Å². The molecule has 0 unspecified atom stereocenters. The van der Waals surface area contributed by atoms with E-state index in [2.05, 4.69) is 0 Å². The molecule has 1 aromatic rings. The molecule has 0 aliphatic rings. The molecule has 0 bridgehead atoms. The zero-order valence-electron chi connectivity index (χ0n) is 10.8. The van der Waals surface area contributed by atoms with E-state index in [-0.39, 0.29) is 12.4 Å². The van der Waals surface area contributed by atoms with Crippen molar-refractivity contribution in [1.29, 1.82) is 0 Å². The van der Waals surface area contributed by atoms with Gasteiger partial charge in [-0.05, 0) is 12.5 Å². The number of carbonyl (C=O) groups is 1. The Bertz CT molecular complexity index is 324. The van der Waals surface area contributed by atoms with Gasteiger partial charge < -0.3 is 14.2 Å². The van der Waals surface area contributed by atoms with Crippen molar-refractivity contribution in [3.63, 3.8) is 0 Å². The molecular formula is C14H20O4. The smallest absolute Gasteiger partial charge is 0.308 e. The minimum absolute atomic E-state index is 0.240. The predicted molar refractivity (Wildman–Crippen MR) is 68.2 cm³/mol. The van der Waals surface area contributed by atoms with E-state index in [0.717, 1.165) is 5.56 Å². The molecule has 4 heteroatoms. The van der Waals surface area contributed by atoms with Gasteiger partial charge in [0.25, 0.3) is 0 Å². The molecule has 0 fully saturated rings. The van der Waals surface area contributed by atoms with Crippen LogP contribution in [-0.2, 0) is 25.6 Å². The molecule has 0 saturated heterocycles. The van der Waals surface area contributed by atoms with Crippen LogP contribution in [0.3, 0.4) is 0 Å². The summed E-state index contributed by atoms with van der Waals surface area (Å²) >= 11 is 0. The Labute approximate surface area is 108 Å². The summed E-state index contributed by atoms with van der Waals surface area (Å²) in [7, 11) is 0. The Hall–Kier alpha value is -1.39. The maximum Gasteiger partial charge on any atom is 0.308 e. The van der Waals surface area contributed by atoms with E-state index in [4.69, 9.17) is 14.2 Å². The lowest BCUT2D eigenvalue weighted by molar-refractivity contribution is -0.146. The van der Waals surface area contributed by atoms with Crippen LogP contribution in [0.1, 0.15) is 18.9 Å². The highest BCUT2D eigenvalue weighted by Gasteiger charge is 2.03. The summed E-state index contributed by atoms with van der Waals surface area (Å²) < 4.78 is 15.4. The molecule has 0 aliphatic carbocycles. The minimum Gasteiger partial charge on any atom is -0.461 e. The van der Waals surface area contributed by atoms with Crippen molar-refractivity contribution in [2.45, 2.75) is 20.0 Å². The molecule has 1 rings (SSSR count). The van der Waals surface area contributed by atoms with Crippen molar-refractivity contribution in [2.24, 2.45) is 0 Å². The van der Waals surface area contributed by atoms with Gasteiger partial charge in [-0.3, -0.25) is 4.79 Å². The van der Waals surface area contributed by atoms with Gasteiger partial charge in [-0.1, -0.05) is 30.3 Å². The maximum atomic E-state index is 11.4. The first-order valence-electron chi connectivity index (χ1n) is 6.18. The highest BCUT2D eigenvalue weighted by Crippen LogP contribution is 2.01. The van der Waals surface area contributed by atoms with Gasteiger partial charge in [-0.25, -0.2) is 0 Å². The van der Waals surface area contributed by atoms with Crippen LogP contribution in [0.4, 0.5) is 0 Å². The molecule has 100 valence electrons. The first kappa shape index (κ1) is 14.7. The van der Waals surface area contributed by atoms with Crippen molar-refractivity contribution in [1.82, 2.24) is 0 Å². The molecule has 0 saturated carbocycles. The van der Waals surface area contributed by atoms with Crippen molar-refractivity contribution in [3.05, 3.63) is 35.9 Å². The number of hydrogen-bond donors (Lipinski definition) is 0. The van der Waals surface area contributed by atoms with Crippen LogP contribution in [0.25, 0.3) is 0 Å². The van der Waals surface area contributed by atoms with E-state index >= 15 is 0 Å². The molecule has 1 aromatic carbocycles. The predicted octanol–water partition coefficient (Wildman–Crippen LogP) is 2.17. The third-order valence-corrected chi connectivity index (χ3v) is 2.27. The van der Waals surface area contributed by atoms with Crippen LogP contribution >= 0.6 is 0 Å². The fourth-order valence-electron chi connectivity index (χ4n) is 1.33. The highest BCUT2D eigenvalue weighted by molar-refractivity contribution is 5.69. The van der Waals surface area contributed by atoms with Crippen molar-refractivity contribution >= 4 is 5.97 Å². The zero-order valence-corrected chi connectivity index (χ0v) is 10.8. The molecule has 4 nitrogen and oxygen atoms in total. The minimum atomic E-state index is -0.240. The zero-order chi connectivity index (χ0) is 13.1. The second-order valence-corrected chi connectivity index (χ2v) is 3.71. The summed E-state index contributed by atoms with van der Waals surface area (Å²) in [6.07, 6.45) is 0.277. The Morgan fingerprint density at radius 2 is 1.78 bits per heavy atom. The van der Waals surface area contributed by atoms with Crippen molar-refractivity contribution in [2.75, 3.05) is 26.4 Å². The fourth-order valence-corrected chi connectivity index (χ4v) is 1.33. The van der Waals surface area contributed by atoms with Crippen molar-refractivity contribution in [3.8, 4) is 0 Å². The molecule has 18 heavy (non-hydrogen) atoms. The molecule has 0 aliphatic heterocycles. The summed E-state index contributed by atoms with van der Waals surface area (Å²) in [5.41, 5.74) is 0.989. The van der Waals surface area contributed by atoms with Gasteiger partial charge in [0, 0.05) is 6.61 Å². The molecule has 0 amide bonds. The lowest BCUT2D eigenvalue weighted by atomic mass is 10.2. The molecule has 0 atom stereocenters. The van der Waals surface area contributed by atoms with Gasteiger partial charge in [0.05, 0.1) is 26.2 Å². The topological polar surface area (TPSA) is 44.8 Å². The summed E-state index contributed by atoms with van der Waals surface area (Å²) in [6, 6.07) is 9.61. The standard InChI is InChI=1S/C14H20O4/c1-2-16-10-11-17-9-8-14(15)18-12-13-6-4-3-5-7-13/h3-7H,2,8-12H2,1H3. The van der Waals surface area contributed by atoms with E-state index in [9.17, 15) is 4.79 Å². The van der Waals surface area contributed by atoms with E-state index in [1.165, 1.54) is 0 Å². The average Bonchev–Trinajstić information content (AvgIpc) is 2.41. The third-order valence-electron chi connectivity index (χ3n) is 2.27. The number of benzene rings is 1. The quantitative estimate of drug-likeness (QED) is 0.499. The summed E-state index contributed by atoms with van der Waals surface area (Å²) in [5, 5.41) is 0. The van der Waals surface area contributed by atoms with Crippen molar-refractivity contribution < 1.29 is 19.0 Å². The second kappa shape index (κ2) is 9.62. The third kappa shape index (κ3) is 7.04. The molecule has 0 aromatic heterocycles.